The molecule has 10 rings (SSSR count). The summed E-state index contributed by atoms with van der Waals surface area (Å²) in [5.74, 6) is 0. The summed E-state index contributed by atoms with van der Waals surface area (Å²) in [4.78, 5) is 12.5. The molecule has 62 heavy (non-hydrogen) atoms. The van der Waals surface area contributed by atoms with E-state index in [-0.39, 0.29) is 6.15 Å². The molecule has 0 aliphatic carbocycles. The molecule has 0 aliphatic rings. The Morgan fingerprint density at radius 2 is 0.774 bits per heavy atom. The summed E-state index contributed by atoms with van der Waals surface area (Å²) in [6, 6.07) is 69.6. The summed E-state index contributed by atoms with van der Waals surface area (Å²) in [5, 5.41) is 14.3. The van der Waals surface area contributed by atoms with Crippen molar-refractivity contribution in [3.8, 4) is 22.3 Å². The van der Waals surface area contributed by atoms with Crippen molar-refractivity contribution in [3.63, 3.8) is 0 Å². The number of methoxy groups -OCH3 is 1. The molecule has 10 aromatic rings. The van der Waals surface area contributed by atoms with E-state index in [1.165, 1.54) is 50.9 Å². The summed E-state index contributed by atoms with van der Waals surface area (Å²) >= 11 is 0. The van der Waals surface area contributed by atoms with Crippen LogP contribution < -0.4 is 27.4 Å². The minimum Gasteiger partial charge on any atom is -0.453 e. The van der Waals surface area contributed by atoms with Crippen LogP contribution in [0.3, 0.4) is 0 Å². The molecule has 0 aliphatic heterocycles. The van der Waals surface area contributed by atoms with E-state index < -0.39 is 13.2 Å². The van der Waals surface area contributed by atoms with Gasteiger partial charge in [0.25, 0.3) is 0 Å². The van der Waals surface area contributed by atoms with Gasteiger partial charge in [0.15, 0.2) is 7.14 Å². The molecule has 0 aromatic heterocycles. The lowest BCUT2D eigenvalue weighted by Gasteiger charge is -2.26. The lowest BCUT2D eigenvalue weighted by Crippen LogP contribution is -2.26. The second-order valence-corrected chi connectivity index (χ2v) is 18.0. The van der Waals surface area contributed by atoms with Gasteiger partial charge in [0, 0.05) is 27.0 Å². The third-order valence-electron chi connectivity index (χ3n) is 11.6. The zero-order valence-electron chi connectivity index (χ0n) is 35.0. The van der Waals surface area contributed by atoms with Crippen molar-refractivity contribution < 1.29 is 14.1 Å². The third kappa shape index (κ3) is 7.54. The van der Waals surface area contributed by atoms with Crippen molar-refractivity contribution in [3.05, 3.63) is 217 Å². The Bertz CT molecular complexity index is 3170. The summed E-state index contributed by atoms with van der Waals surface area (Å²) in [6.45, 7) is 4.42. The molecule has 1 amide bonds. The number of rotatable bonds is 6. The van der Waals surface area contributed by atoms with Crippen LogP contribution in [0.15, 0.2) is 206 Å². The highest BCUT2D eigenvalue weighted by Gasteiger charge is 2.34. The number of hydrogen-bond donors (Lipinski definition) is 2. The molecule has 304 valence electrons. The Hall–Kier alpha value is -7.30. The first-order valence-electron chi connectivity index (χ1n) is 20.4. The number of aryl methyl sites for hydroxylation is 2. The average molecular weight is 827 g/mol. The fraction of sp³-hybridized carbons (Fsp3) is 0.0536. The van der Waals surface area contributed by atoms with E-state index >= 15 is 4.57 Å². The first kappa shape index (κ1) is 41.4. The quantitative estimate of drug-likeness (QED) is 0.163. The first-order chi connectivity index (χ1) is 29.9. The monoisotopic (exact) mass is 826 g/mol. The average Bonchev–Trinajstić information content (AvgIpc) is 3.32. The van der Waals surface area contributed by atoms with Crippen LogP contribution in [0.2, 0.25) is 0 Å². The number of amides is 1. The minimum absolute atomic E-state index is 0. The zero-order chi connectivity index (χ0) is 41.9. The van der Waals surface area contributed by atoms with Crippen LogP contribution in [0, 0.1) is 13.8 Å². The molecule has 6 heteroatoms. The van der Waals surface area contributed by atoms with E-state index in [4.69, 9.17) is 4.74 Å². The van der Waals surface area contributed by atoms with Gasteiger partial charge in [-0.15, -0.1) is 0 Å². The Labute approximate surface area is 362 Å². The van der Waals surface area contributed by atoms with Crippen molar-refractivity contribution in [1.82, 2.24) is 6.15 Å². The fourth-order valence-corrected chi connectivity index (χ4v) is 11.6. The molecule has 0 unspecified atom stereocenters. The molecule has 5 nitrogen and oxygen atoms in total. The maximum Gasteiger partial charge on any atom is 0.411 e. The van der Waals surface area contributed by atoms with Crippen LogP contribution in [0.5, 0.6) is 0 Å². The number of carbonyl (C=O) groups excluding carboxylic acids is 1. The van der Waals surface area contributed by atoms with Gasteiger partial charge < -0.3 is 15.5 Å². The molecular formula is C56H47N2O3P. The molecule has 0 saturated heterocycles. The highest BCUT2D eigenvalue weighted by Crippen LogP contribution is 2.49. The molecule has 0 fully saturated rings. The number of ether oxygens (including phenoxy) is 1. The first-order valence-corrected chi connectivity index (χ1v) is 22.2. The van der Waals surface area contributed by atoms with Crippen LogP contribution in [-0.4, -0.2) is 13.2 Å². The van der Waals surface area contributed by atoms with Crippen molar-refractivity contribution in [2.45, 2.75) is 13.8 Å². The van der Waals surface area contributed by atoms with Crippen LogP contribution >= 0.6 is 7.14 Å². The van der Waals surface area contributed by atoms with Gasteiger partial charge in [-0.25, -0.2) is 4.79 Å². The fourth-order valence-electron chi connectivity index (χ4n) is 8.72. The normalized spacial score (nSPS) is 11.1. The van der Waals surface area contributed by atoms with Gasteiger partial charge in [-0.05, 0) is 91.3 Å². The van der Waals surface area contributed by atoms with E-state index in [2.05, 4.69) is 104 Å². The molecular weight excluding hydrogens is 780 g/mol. The maximum absolute atomic E-state index is 15.7. The lowest BCUT2D eigenvalue weighted by atomic mass is 9.88. The number of hydrogen-bond acceptors (Lipinski definition) is 4. The van der Waals surface area contributed by atoms with Crippen molar-refractivity contribution in [2.24, 2.45) is 0 Å². The molecule has 0 radical (unpaired) electrons. The molecule has 0 atom stereocenters. The summed E-state index contributed by atoms with van der Waals surface area (Å²) in [5.41, 5.74) is 7.62. The van der Waals surface area contributed by atoms with Crippen LogP contribution in [0.1, 0.15) is 11.1 Å². The predicted molar refractivity (Wildman–Crippen MR) is 264 cm³/mol. The van der Waals surface area contributed by atoms with Gasteiger partial charge in [-0.2, -0.15) is 0 Å². The highest BCUT2D eigenvalue weighted by molar-refractivity contribution is 7.85. The summed E-state index contributed by atoms with van der Waals surface area (Å²) in [7, 11) is -2.02. The van der Waals surface area contributed by atoms with E-state index in [0.29, 0.717) is 11.0 Å². The molecule has 0 bridgehead atoms. The lowest BCUT2D eigenvalue weighted by molar-refractivity contribution is 0.187. The predicted octanol–water partition coefficient (Wildman–Crippen LogP) is 13.9. The van der Waals surface area contributed by atoms with E-state index in [9.17, 15) is 4.79 Å². The van der Waals surface area contributed by atoms with E-state index in [1.54, 1.807) is 0 Å². The topological polar surface area (TPSA) is 90.4 Å². The third-order valence-corrected chi connectivity index (χ3v) is 14.7. The van der Waals surface area contributed by atoms with Gasteiger partial charge in [0.2, 0.25) is 0 Å². The van der Waals surface area contributed by atoms with Gasteiger partial charge in [-0.1, -0.05) is 194 Å². The number of nitrogens with one attached hydrogen (secondary N) is 1. The number of benzene rings is 10. The van der Waals surface area contributed by atoms with Gasteiger partial charge in [0.05, 0.1) is 12.8 Å². The Morgan fingerprint density at radius 3 is 1.21 bits per heavy atom. The van der Waals surface area contributed by atoms with Crippen LogP contribution in [-0.2, 0) is 9.30 Å². The Morgan fingerprint density at radius 1 is 0.419 bits per heavy atom. The van der Waals surface area contributed by atoms with Crippen LogP contribution in [0.25, 0.3) is 65.3 Å². The molecule has 0 heterocycles. The number of carbonyl (C=O) groups is 1. The zero-order valence-corrected chi connectivity index (χ0v) is 35.9. The standard InChI is InChI=1S/C34H26NO3P.C22H18.H3N/c1-38-34(36)35-30-22-20-24-12-8-10-18-28(24)32(30)33-29-19-11-9-13-25(29)21-23-31(33)39(37,26-14-4-2-5-15-26)27-16-6-3-7-17-27;1-15-11-13-17-7-3-5-9-19(17)21(15)22-16(2)12-14-18-8-4-6-10-20(18)22;/h2-23H,1H3,(H,35,36);3-14H,1-2H3;1H3. The Balaban J connectivity index is 0.000000195. The molecule has 0 saturated carbocycles. The van der Waals surface area contributed by atoms with Gasteiger partial charge >= 0.3 is 6.09 Å². The van der Waals surface area contributed by atoms with Crippen molar-refractivity contribution in [1.29, 1.82) is 0 Å². The maximum atomic E-state index is 15.7. The van der Waals surface area contributed by atoms with Crippen LogP contribution in [0.4, 0.5) is 10.5 Å². The van der Waals surface area contributed by atoms with E-state index in [1.807, 2.05) is 121 Å². The second kappa shape index (κ2) is 17.7. The highest BCUT2D eigenvalue weighted by atomic mass is 31.2. The second-order valence-electron chi connectivity index (χ2n) is 15.2. The smallest absolute Gasteiger partial charge is 0.411 e. The van der Waals surface area contributed by atoms with Crippen molar-refractivity contribution in [2.75, 3.05) is 12.4 Å². The summed E-state index contributed by atoms with van der Waals surface area (Å²) < 4.78 is 20.6. The largest absolute Gasteiger partial charge is 0.453 e. The SMILES string of the molecule is COC(=O)Nc1ccc2ccccc2c1-c1c(P(=O)(c2ccccc2)c2ccccc2)ccc2ccccc12.Cc1ccc2ccccc2c1-c1c(C)ccc2ccccc12.N. The Kier molecular flexibility index (Phi) is 11.9. The molecule has 0 spiro atoms. The minimum atomic E-state index is -3.37. The molecule has 4 N–H and O–H groups in total. The number of anilines is 1. The molecule has 10 aromatic carbocycles. The van der Waals surface area contributed by atoms with Crippen molar-refractivity contribution >= 4 is 77.9 Å². The van der Waals surface area contributed by atoms with Gasteiger partial charge in [0.1, 0.15) is 0 Å². The van der Waals surface area contributed by atoms with Gasteiger partial charge in [-0.3, -0.25) is 5.32 Å². The number of fused-ring (bicyclic) bond motifs is 4. The van der Waals surface area contributed by atoms with E-state index in [0.717, 1.165) is 43.3 Å². The summed E-state index contributed by atoms with van der Waals surface area (Å²) in [6.07, 6.45) is -0.567.